The molecule has 0 bridgehead atoms. The van der Waals surface area contributed by atoms with Crippen molar-refractivity contribution in [2.45, 2.75) is 6.92 Å². The van der Waals surface area contributed by atoms with Crippen LogP contribution in [0.25, 0.3) is 0 Å². The van der Waals surface area contributed by atoms with Crippen LogP contribution in [0.1, 0.15) is 6.92 Å². The zero-order valence-electron chi connectivity index (χ0n) is 12.2. The lowest BCUT2D eigenvalue weighted by Crippen LogP contribution is -2.29. The fourth-order valence-corrected chi connectivity index (χ4v) is 2.15. The molecule has 7 heteroatoms. The molecule has 0 heterocycles. The van der Waals surface area contributed by atoms with Gasteiger partial charge in [0.1, 0.15) is 0 Å². The summed E-state index contributed by atoms with van der Waals surface area (Å²) in [5, 5.41) is 7.61. The number of rotatable bonds is 3. The first kappa shape index (κ1) is 16.7. The Balaban J connectivity index is 1.97. The second-order valence-corrected chi connectivity index (χ2v) is 5.50. The number of benzene rings is 2. The van der Waals surface area contributed by atoms with E-state index in [9.17, 15) is 14.4 Å². The maximum atomic E-state index is 11.9. The molecule has 2 aromatic carbocycles. The Labute approximate surface area is 141 Å². The standard InChI is InChI=1S/C16H14BrN3O3/c1-10(21)18-11-6-8-12(9-7-11)19-15(22)16(23)20-14-5-3-2-4-13(14)17/h2-9H,1H3,(H,18,21)(H,19,22)(H,20,23). The summed E-state index contributed by atoms with van der Waals surface area (Å²) in [5.41, 5.74) is 1.56. The van der Waals surface area contributed by atoms with E-state index in [1.165, 1.54) is 6.92 Å². The number of hydrogen-bond acceptors (Lipinski definition) is 3. The van der Waals surface area contributed by atoms with E-state index < -0.39 is 11.8 Å². The summed E-state index contributed by atoms with van der Waals surface area (Å²) in [5.74, 6) is -1.74. The van der Waals surface area contributed by atoms with Gasteiger partial charge in [-0.15, -0.1) is 0 Å². The summed E-state index contributed by atoms with van der Waals surface area (Å²) >= 11 is 3.29. The highest BCUT2D eigenvalue weighted by atomic mass is 79.9. The lowest BCUT2D eigenvalue weighted by atomic mass is 10.2. The van der Waals surface area contributed by atoms with Crippen LogP contribution in [-0.4, -0.2) is 17.7 Å². The maximum Gasteiger partial charge on any atom is 0.314 e. The molecule has 3 amide bonds. The predicted octanol–water partition coefficient (Wildman–Crippen LogP) is 2.98. The summed E-state index contributed by atoms with van der Waals surface area (Å²) in [6.07, 6.45) is 0. The topological polar surface area (TPSA) is 87.3 Å². The Bertz CT molecular complexity index is 744. The third kappa shape index (κ3) is 4.93. The molecular weight excluding hydrogens is 362 g/mol. The van der Waals surface area contributed by atoms with Gasteiger partial charge in [0.05, 0.1) is 5.69 Å². The van der Waals surface area contributed by atoms with Crippen LogP contribution in [0.3, 0.4) is 0 Å². The Morgan fingerprint density at radius 3 is 1.87 bits per heavy atom. The number of carbonyl (C=O) groups is 3. The highest BCUT2D eigenvalue weighted by molar-refractivity contribution is 9.10. The van der Waals surface area contributed by atoms with E-state index in [4.69, 9.17) is 0 Å². The first-order valence-electron chi connectivity index (χ1n) is 6.70. The molecule has 2 aromatic rings. The van der Waals surface area contributed by atoms with E-state index in [0.717, 1.165) is 0 Å². The summed E-state index contributed by atoms with van der Waals surface area (Å²) < 4.78 is 0.681. The van der Waals surface area contributed by atoms with Gasteiger partial charge in [-0.3, -0.25) is 14.4 Å². The number of nitrogens with one attached hydrogen (secondary N) is 3. The molecule has 0 aliphatic carbocycles. The van der Waals surface area contributed by atoms with Crippen molar-refractivity contribution < 1.29 is 14.4 Å². The smallest absolute Gasteiger partial charge is 0.314 e. The van der Waals surface area contributed by atoms with Gasteiger partial charge < -0.3 is 16.0 Å². The van der Waals surface area contributed by atoms with Gasteiger partial charge in [-0.25, -0.2) is 0 Å². The normalized spacial score (nSPS) is 9.83. The number of hydrogen-bond donors (Lipinski definition) is 3. The molecule has 0 fully saturated rings. The molecule has 3 N–H and O–H groups in total. The van der Waals surface area contributed by atoms with Crippen LogP contribution in [0, 0.1) is 0 Å². The Kier molecular flexibility index (Phi) is 5.48. The van der Waals surface area contributed by atoms with Gasteiger partial charge in [0, 0.05) is 22.8 Å². The fraction of sp³-hybridized carbons (Fsp3) is 0.0625. The summed E-state index contributed by atoms with van der Waals surface area (Å²) in [6, 6.07) is 13.4. The number of carbonyl (C=O) groups excluding carboxylic acids is 3. The molecule has 6 nitrogen and oxygen atoms in total. The summed E-state index contributed by atoms with van der Waals surface area (Å²) in [7, 11) is 0. The Morgan fingerprint density at radius 2 is 1.30 bits per heavy atom. The third-order valence-corrected chi connectivity index (χ3v) is 3.48. The Hall–Kier alpha value is -2.67. The van der Waals surface area contributed by atoms with E-state index >= 15 is 0 Å². The molecule has 0 atom stereocenters. The summed E-state index contributed by atoms with van der Waals surface area (Å²) in [6.45, 7) is 1.40. The van der Waals surface area contributed by atoms with Crippen LogP contribution in [0.15, 0.2) is 53.0 Å². The van der Waals surface area contributed by atoms with Gasteiger partial charge >= 0.3 is 11.8 Å². The van der Waals surface area contributed by atoms with Crippen LogP contribution >= 0.6 is 15.9 Å². The highest BCUT2D eigenvalue weighted by Gasteiger charge is 2.15. The average molecular weight is 376 g/mol. The molecule has 0 saturated heterocycles. The number of amides is 3. The van der Waals surface area contributed by atoms with Gasteiger partial charge in [0.2, 0.25) is 5.91 Å². The van der Waals surface area contributed by atoms with E-state index in [1.807, 2.05) is 0 Å². The first-order chi connectivity index (χ1) is 11.0. The monoisotopic (exact) mass is 375 g/mol. The van der Waals surface area contributed by atoms with Crippen LogP contribution in [0.4, 0.5) is 17.1 Å². The van der Waals surface area contributed by atoms with E-state index in [2.05, 4.69) is 31.9 Å². The first-order valence-corrected chi connectivity index (χ1v) is 7.49. The largest absolute Gasteiger partial charge is 0.326 e. The van der Waals surface area contributed by atoms with Crippen molar-refractivity contribution in [3.8, 4) is 0 Å². The zero-order valence-corrected chi connectivity index (χ0v) is 13.8. The average Bonchev–Trinajstić information content (AvgIpc) is 2.51. The van der Waals surface area contributed by atoms with Gasteiger partial charge in [0.25, 0.3) is 0 Å². The minimum absolute atomic E-state index is 0.186. The van der Waals surface area contributed by atoms with Crippen molar-refractivity contribution in [2.24, 2.45) is 0 Å². The molecule has 0 aromatic heterocycles. The van der Waals surface area contributed by atoms with Crippen molar-refractivity contribution in [2.75, 3.05) is 16.0 Å². The van der Waals surface area contributed by atoms with Gasteiger partial charge in [-0.05, 0) is 52.3 Å². The van der Waals surface area contributed by atoms with Crippen LogP contribution in [-0.2, 0) is 14.4 Å². The van der Waals surface area contributed by atoms with Crippen molar-refractivity contribution >= 4 is 50.7 Å². The van der Waals surface area contributed by atoms with Crippen molar-refractivity contribution in [1.82, 2.24) is 0 Å². The molecular formula is C16H14BrN3O3. The quantitative estimate of drug-likeness (QED) is 0.720. The van der Waals surface area contributed by atoms with Crippen LogP contribution in [0.2, 0.25) is 0 Å². The SMILES string of the molecule is CC(=O)Nc1ccc(NC(=O)C(=O)Nc2ccccc2Br)cc1. The number of para-hydroxylation sites is 1. The summed E-state index contributed by atoms with van der Waals surface area (Å²) in [4.78, 5) is 34.7. The fourth-order valence-electron chi connectivity index (χ4n) is 1.77. The molecule has 0 radical (unpaired) electrons. The predicted molar refractivity (Wildman–Crippen MR) is 92.1 cm³/mol. The highest BCUT2D eigenvalue weighted by Crippen LogP contribution is 2.21. The molecule has 0 aliphatic heterocycles. The Morgan fingerprint density at radius 1 is 0.783 bits per heavy atom. The van der Waals surface area contributed by atoms with Crippen LogP contribution < -0.4 is 16.0 Å². The molecule has 0 unspecified atom stereocenters. The van der Waals surface area contributed by atoms with E-state index in [0.29, 0.717) is 21.5 Å². The third-order valence-electron chi connectivity index (χ3n) is 2.79. The van der Waals surface area contributed by atoms with Crippen molar-refractivity contribution in [3.05, 3.63) is 53.0 Å². The second kappa shape index (κ2) is 7.55. The minimum Gasteiger partial charge on any atom is -0.326 e. The van der Waals surface area contributed by atoms with Crippen molar-refractivity contribution in [3.63, 3.8) is 0 Å². The second-order valence-electron chi connectivity index (χ2n) is 4.65. The van der Waals surface area contributed by atoms with Gasteiger partial charge in [-0.1, -0.05) is 12.1 Å². The maximum absolute atomic E-state index is 11.9. The number of anilines is 3. The molecule has 2 rings (SSSR count). The molecule has 23 heavy (non-hydrogen) atoms. The number of halogens is 1. The molecule has 0 aliphatic rings. The van der Waals surface area contributed by atoms with E-state index in [-0.39, 0.29) is 5.91 Å². The van der Waals surface area contributed by atoms with Gasteiger partial charge in [-0.2, -0.15) is 0 Å². The van der Waals surface area contributed by atoms with Gasteiger partial charge in [0.15, 0.2) is 0 Å². The van der Waals surface area contributed by atoms with Crippen LogP contribution in [0.5, 0.6) is 0 Å². The zero-order chi connectivity index (χ0) is 16.8. The molecule has 118 valence electrons. The minimum atomic E-state index is -0.784. The lowest BCUT2D eigenvalue weighted by Gasteiger charge is -2.08. The molecule has 0 saturated carbocycles. The van der Waals surface area contributed by atoms with Crippen molar-refractivity contribution in [1.29, 1.82) is 0 Å². The van der Waals surface area contributed by atoms with E-state index in [1.54, 1.807) is 48.5 Å². The molecule has 0 spiro atoms. The lowest BCUT2D eigenvalue weighted by molar-refractivity contribution is -0.133.